The first kappa shape index (κ1) is 19.2. The second-order valence-corrected chi connectivity index (χ2v) is 7.06. The largest absolute Gasteiger partial charge is 0.496 e. The first-order valence-electron chi connectivity index (χ1n) is 9.20. The fraction of sp³-hybridized carbons (Fsp3) is 0.300. The van der Waals surface area contributed by atoms with Gasteiger partial charge in [0, 0.05) is 44.3 Å². The van der Waals surface area contributed by atoms with E-state index < -0.39 is 0 Å². The molecule has 1 fully saturated rings. The topological polar surface area (TPSA) is 84.6 Å². The molecule has 3 heterocycles. The third kappa shape index (κ3) is 3.88. The van der Waals surface area contributed by atoms with Crippen LogP contribution in [0.4, 0.5) is 5.82 Å². The molecule has 0 bridgehead atoms. The minimum Gasteiger partial charge on any atom is -0.496 e. The van der Waals surface area contributed by atoms with Gasteiger partial charge in [-0.15, -0.1) is 10.2 Å². The van der Waals surface area contributed by atoms with Gasteiger partial charge in [0.1, 0.15) is 11.6 Å². The highest BCUT2D eigenvalue weighted by Crippen LogP contribution is 2.29. The number of carbonyl (C=O) groups is 1. The summed E-state index contributed by atoms with van der Waals surface area (Å²) in [7, 11) is 1.54. The van der Waals surface area contributed by atoms with Crippen LogP contribution in [0.2, 0.25) is 5.02 Å². The molecular weight excluding hydrogens is 394 g/mol. The quantitative estimate of drug-likeness (QED) is 0.649. The van der Waals surface area contributed by atoms with Gasteiger partial charge in [0.05, 0.1) is 18.2 Å². The summed E-state index contributed by atoms with van der Waals surface area (Å²) in [5, 5.41) is 8.51. The van der Waals surface area contributed by atoms with Gasteiger partial charge >= 0.3 is 0 Å². The Labute approximate surface area is 173 Å². The van der Waals surface area contributed by atoms with Crippen molar-refractivity contribution < 1.29 is 13.9 Å². The van der Waals surface area contributed by atoms with E-state index in [-0.39, 0.29) is 5.91 Å². The molecule has 1 aliphatic heterocycles. The molecule has 0 N–H and O–H groups in total. The number of hydrogen-bond acceptors (Lipinski definition) is 7. The summed E-state index contributed by atoms with van der Waals surface area (Å²) in [4.78, 5) is 21.4. The number of anilines is 1. The van der Waals surface area contributed by atoms with Crippen LogP contribution in [0.25, 0.3) is 11.5 Å². The number of rotatable bonds is 4. The van der Waals surface area contributed by atoms with Crippen molar-refractivity contribution in [3.63, 3.8) is 0 Å². The summed E-state index contributed by atoms with van der Waals surface area (Å²) >= 11 is 6.07. The predicted octanol–water partition coefficient (Wildman–Crippen LogP) is 3.06. The molecule has 0 atom stereocenters. The van der Waals surface area contributed by atoms with Gasteiger partial charge < -0.3 is 19.0 Å². The third-order valence-corrected chi connectivity index (χ3v) is 5.04. The van der Waals surface area contributed by atoms with Gasteiger partial charge in [-0.2, -0.15) is 0 Å². The second-order valence-electron chi connectivity index (χ2n) is 6.62. The number of ether oxygens (including phenoxy) is 1. The number of aryl methyl sites for hydroxylation is 1. The van der Waals surface area contributed by atoms with E-state index in [0.717, 1.165) is 11.4 Å². The molecule has 1 aliphatic rings. The maximum Gasteiger partial charge on any atom is 0.257 e. The Morgan fingerprint density at radius 1 is 1.17 bits per heavy atom. The molecule has 9 heteroatoms. The zero-order chi connectivity index (χ0) is 20.4. The first-order valence-corrected chi connectivity index (χ1v) is 9.58. The lowest BCUT2D eigenvalue weighted by Crippen LogP contribution is -2.49. The smallest absolute Gasteiger partial charge is 0.257 e. The number of hydrogen-bond donors (Lipinski definition) is 0. The molecule has 4 rings (SSSR count). The van der Waals surface area contributed by atoms with Crippen LogP contribution in [0.1, 0.15) is 16.2 Å². The van der Waals surface area contributed by atoms with E-state index in [2.05, 4.69) is 20.1 Å². The zero-order valence-electron chi connectivity index (χ0n) is 16.1. The van der Waals surface area contributed by atoms with E-state index in [1.807, 2.05) is 12.1 Å². The Balaban J connectivity index is 1.51. The highest BCUT2D eigenvalue weighted by molar-refractivity contribution is 6.31. The van der Waals surface area contributed by atoms with Crippen LogP contribution in [-0.4, -0.2) is 59.3 Å². The first-order chi connectivity index (χ1) is 14.1. The summed E-state index contributed by atoms with van der Waals surface area (Å²) < 4.78 is 10.9. The Bertz CT molecular complexity index is 1030. The van der Waals surface area contributed by atoms with Crippen LogP contribution in [0.3, 0.4) is 0 Å². The van der Waals surface area contributed by atoms with Gasteiger partial charge in [-0.25, -0.2) is 4.98 Å². The van der Waals surface area contributed by atoms with Crippen molar-refractivity contribution in [2.24, 2.45) is 0 Å². The number of amides is 1. The van der Waals surface area contributed by atoms with Crippen molar-refractivity contribution in [3.05, 3.63) is 53.0 Å². The van der Waals surface area contributed by atoms with E-state index in [1.54, 1.807) is 43.3 Å². The van der Waals surface area contributed by atoms with Crippen LogP contribution < -0.4 is 9.64 Å². The Morgan fingerprint density at radius 2 is 1.97 bits per heavy atom. The van der Waals surface area contributed by atoms with Crippen LogP contribution in [0.5, 0.6) is 5.75 Å². The predicted molar refractivity (Wildman–Crippen MR) is 108 cm³/mol. The van der Waals surface area contributed by atoms with Gasteiger partial charge in [-0.3, -0.25) is 4.79 Å². The fourth-order valence-corrected chi connectivity index (χ4v) is 3.53. The van der Waals surface area contributed by atoms with Crippen molar-refractivity contribution in [3.8, 4) is 17.2 Å². The Morgan fingerprint density at radius 3 is 2.66 bits per heavy atom. The molecule has 1 amide bonds. The third-order valence-electron chi connectivity index (χ3n) is 4.80. The number of nitrogens with zero attached hydrogens (tertiary/aromatic N) is 5. The van der Waals surface area contributed by atoms with Crippen LogP contribution in [0.15, 0.2) is 40.9 Å². The van der Waals surface area contributed by atoms with Crippen molar-refractivity contribution in [1.82, 2.24) is 20.1 Å². The Kier molecular flexibility index (Phi) is 5.35. The lowest BCUT2D eigenvalue weighted by Gasteiger charge is -2.36. The molecule has 1 saturated heterocycles. The van der Waals surface area contributed by atoms with Gasteiger partial charge in [0.2, 0.25) is 5.89 Å². The number of halogens is 1. The van der Waals surface area contributed by atoms with Crippen LogP contribution >= 0.6 is 11.6 Å². The molecule has 0 saturated carbocycles. The zero-order valence-corrected chi connectivity index (χ0v) is 16.9. The average molecular weight is 414 g/mol. The van der Waals surface area contributed by atoms with E-state index >= 15 is 0 Å². The van der Waals surface area contributed by atoms with E-state index in [0.29, 0.717) is 54.3 Å². The van der Waals surface area contributed by atoms with Gasteiger partial charge in [-0.1, -0.05) is 11.6 Å². The minimum atomic E-state index is -0.0993. The van der Waals surface area contributed by atoms with Gasteiger partial charge in [0.25, 0.3) is 11.8 Å². The number of benzene rings is 1. The number of carbonyl (C=O) groups excluding carboxylic acids is 1. The van der Waals surface area contributed by atoms with Crippen molar-refractivity contribution in [2.45, 2.75) is 6.92 Å². The summed E-state index contributed by atoms with van der Waals surface area (Å²) in [6.07, 6.45) is 1.73. The standard InChI is InChI=1S/C20H20ClN5O3/c1-13-23-24-19(29-13)15-4-3-7-22-18(15)25-8-10-26(11-9-25)20(27)16-12-14(21)5-6-17(16)28-2/h3-7,12H,8-11H2,1-2H3. The molecule has 0 unspecified atom stereocenters. The molecule has 3 aromatic rings. The molecule has 29 heavy (non-hydrogen) atoms. The lowest BCUT2D eigenvalue weighted by atomic mass is 10.1. The molecule has 1 aromatic carbocycles. The molecule has 0 aliphatic carbocycles. The van der Waals surface area contributed by atoms with Crippen molar-refractivity contribution >= 4 is 23.3 Å². The Hall–Kier alpha value is -3.13. The van der Waals surface area contributed by atoms with Crippen molar-refractivity contribution in [2.75, 3.05) is 38.2 Å². The normalized spacial score (nSPS) is 14.2. The summed E-state index contributed by atoms with van der Waals surface area (Å²) in [6.45, 7) is 4.11. The minimum absolute atomic E-state index is 0.0993. The molecular formula is C20H20ClN5O3. The molecule has 2 aromatic heterocycles. The van der Waals surface area contributed by atoms with Gasteiger partial charge in [0.15, 0.2) is 0 Å². The number of aromatic nitrogens is 3. The van der Waals surface area contributed by atoms with E-state index in [1.165, 1.54) is 0 Å². The summed E-state index contributed by atoms with van der Waals surface area (Å²) in [5.41, 5.74) is 1.25. The fourth-order valence-electron chi connectivity index (χ4n) is 3.36. The highest BCUT2D eigenvalue weighted by atomic mass is 35.5. The summed E-state index contributed by atoms with van der Waals surface area (Å²) in [6, 6.07) is 8.80. The SMILES string of the molecule is COc1ccc(Cl)cc1C(=O)N1CCN(c2ncccc2-c2nnc(C)o2)CC1. The van der Waals surface area contributed by atoms with Crippen molar-refractivity contribution in [1.29, 1.82) is 0 Å². The molecule has 0 spiro atoms. The number of piperazine rings is 1. The maximum atomic E-state index is 13.0. The molecule has 0 radical (unpaired) electrons. The van der Waals surface area contributed by atoms with Crippen LogP contribution in [-0.2, 0) is 0 Å². The molecule has 150 valence electrons. The van der Waals surface area contributed by atoms with E-state index in [9.17, 15) is 4.79 Å². The van der Waals surface area contributed by atoms with E-state index in [4.69, 9.17) is 20.8 Å². The maximum absolute atomic E-state index is 13.0. The number of pyridine rings is 1. The summed E-state index contributed by atoms with van der Waals surface area (Å²) in [5.74, 6) is 2.12. The highest BCUT2D eigenvalue weighted by Gasteiger charge is 2.27. The van der Waals surface area contributed by atoms with Gasteiger partial charge in [-0.05, 0) is 30.3 Å². The second kappa shape index (κ2) is 8.08. The lowest BCUT2D eigenvalue weighted by molar-refractivity contribution is 0.0743. The number of methoxy groups -OCH3 is 1. The molecule has 8 nitrogen and oxygen atoms in total. The average Bonchev–Trinajstić information content (AvgIpc) is 3.19. The van der Waals surface area contributed by atoms with Crippen LogP contribution in [0, 0.1) is 6.92 Å². The monoisotopic (exact) mass is 413 g/mol.